The second kappa shape index (κ2) is 8.21. The predicted octanol–water partition coefficient (Wildman–Crippen LogP) is 3.07. The molecule has 1 aliphatic rings. The summed E-state index contributed by atoms with van der Waals surface area (Å²) >= 11 is 8.48. The second-order valence-corrected chi connectivity index (χ2v) is 7.16. The van der Waals surface area contributed by atoms with Crippen LogP contribution in [0, 0.1) is 5.92 Å². The second-order valence-electron chi connectivity index (χ2n) is 3.57. The highest BCUT2D eigenvalue weighted by molar-refractivity contribution is 8.30. The van der Waals surface area contributed by atoms with E-state index in [1.165, 1.54) is 0 Å². The molecule has 6 heteroatoms. The lowest BCUT2D eigenvalue weighted by Gasteiger charge is -2.17. The Bertz CT molecular complexity index is 271. The molecule has 0 aromatic carbocycles. The van der Waals surface area contributed by atoms with Crippen LogP contribution in [0.1, 0.15) is 26.7 Å². The third-order valence-corrected chi connectivity index (χ3v) is 5.13. The molecule has 0 aliphatic carbocycles. The van der Waals surface area contributed by atoms with E-state index in [2.05, 4.69) is 6.92 Å². The van der Waals surface area contributed by atoms with Gasteiger partial charge in [0.1, 0.15) is 0 Å². The number of hydrogen-bond donors (Lipinski definition) is 0. The standard InChI is InChI=1S/C11H18O3S3/c1-3-13-11(15)17-9(16-4-2)7-8-5-6-14-10(8)12/h8-9H,3-7H2,1-2H3. The fraction of sp³-hybridized carbons (Fsp3) is 0.818. The van der Waals surface area contributed by atoms with Crippen molar-refractivity contribution in [3.05, 3.63) is 0 Å². The van der Waals surface area contributed by atoms with Gasteiger partial charge < -0.3 is 9.47 Å². The zero-order valence-corrected chi connectivity index (χ0v) is 12.6. The van der Waals surface area contributed by atoms with Gasteiger partial charge in [-0.2, -0.15) is 0 Å². The van der Waals surface area contributed by atoms with Crippen molar-refractivity contribution in [2.75, 3.05) is 19.0 Å². The topological polar surface area (TPSA) is 35.5 Å². The minimum absolute atomic E-state index is 0.0379. The van der Waals surface area contributed by atoms with Crippen LogP contribution in [0.3, 0.4) is 0 Å². The minimum Gasteiger partial charge on any atom is -0.479 e. The maximum atomic E-state index is 11.4. The summed E-state index contributed by atoms with van der Waals surface area (Å²) in [5.41, 5.74) is 0. The molecule has 1 aliphatic heterocycles. The van der Waals surface area contributed by atoms with Crippen LogP contribution in [0.25, 0.3) is 0 Å². The van der Waals surface area contributed by atoms with Gasteiger partial charge in [-0.3, -0.25) is 4.79 Å². The van der Waals surface area contributed by atoms with Crippen LogP contribution < -0.4 is 0 Å². The zero-order valence-electron chi connectivity index (χ0n) is 10.1. The summed E-state index contributed by atoms with van der Waals surface area (Å²) in [6.07, 6.45) is 1.65. The molecule has 1 fully saturated rings. The molecule has 0 aromatic heterocycles. The van der Waals surface area contributed by atoms with Crippen molar-refractivity contribution < 1.29 is 14.3 Å². The Morgan fingerprint density at radius 1 is 1.65 bits per heavy atom. The van der Waals surface area contributed by atoms with Gasteiger partial charge in [0.2, 0.25) is 4.38 Å². The number of hydrogen-bond acceptors (Lipinski definition) is 6. The van der Waals surface area contributed by atoms with Crippen molar-refractivity contribution in [1.29, 1.82) is 0 Å². The molecule has 0 N–H and O–H groups in total. The first-order valence-corrected chi connectivity index (χ1v) is 8.12. The smallest absolute Gasteiger partial charge is 0.309 e. The molecular formula is C11H18O3S3. The quantitative estimate of drug-likeness (QED) is 0.425. The van der Waals surface area contributed by atoms with Gasteiger partial charge in [0, 0.05) is 0 Å². The van der Waals surface area contributed by atoms with Crippen molar-refractivity contribution in [3.63, 3.8) is 0 Å². The maximum Gasteiger partial charge on any atom is 0.309 e. The Morgan fingerprint density at radius 2 is 2.41 bits per heavy atom. The maximum absolute atomic E-state index is 11.4. The number of carbonyl (C=O) groups is 1. The molecule has 98 valence electrons. The van der Waals surface area contributed by atoms with E-state index in [-0.39, 0.29) is 16.5 Å². The van der Waals surface area contributed by atoms with Crippen LogP contribution in [-0.2, 0) is 14.3 Å². The van der Waals surface area contributed by atoms with Crippen LogP contribution >= 0.6 is 35.7 Å². The Hall–Kier alpha value is 0.0600. The van der Waals surface area contributed by atoms with Gasteiger partial charge in [-0.15, -0.1) is 11.8 Å². The minimum atomic E-state index is -0.0605. The summed E-state index contributed by atoms with van der Waals surface area (Å²) in [6, 6.07) is 0. The molecule has 1 heterocycles. The van der Waals surface area contributed by atoms with Crippen molar-refractivity contribution >= 4 is 46.1 Å². The highest BCUT2D eigenvalue weighted by Gasteiger charge is 2.30. The predicted molar refractivity (Wildman–Crippen MR) is 77.4 cm³/mol. The molecule has 0 aromatic rings. The van der Waals surface area contributed by atoms with E-state index < -0.39 is 0 Å². The summed E-state index contributed by atoms with van der Waals surface area (Å²) in [5.74, 6) is 0.986. The molecule has 0 amide bonds. The van der Waals surface area contributed by atoms with Crippen molar-refractivity contribution in [3.8, 4) is 0 Å². The Kier molecular flexibility index (Phi) is 7.30. The molecule has 0 radical (unpaired) electrons. The molecule has 17 heavy (non-hydrogen) atoms. The van der Waals surface area contributed by atoms with Gasteiger partial charge in [-0.25, -0.2) is 0 Å². The van der Waals surface area contributed by atoms with Crippen molar-refractivity contribution in [2.24, 2.45) is 5.92 Å². The Morgan fingerprint density at radius 3 is 2.94 bits per heavy atom. The van der Waals surface area contributed by atoms with Crippen LogP contribution in [-0.4, -0.2) is 33.9 Å². The first-order valence-electron chi connectivity index (χ1n) is 5.79. The third-order valence-electron chi connectivity index (χ3n) is 2.36. The average Bonchev–Trinajstić information content (AvgIpc) is 2.65. The fourth-order valence-electron chi connectivity index (χ4n) is 1.58. The first-order chi connectivity index (χ1) is 8.17. The molecule has 0 spiro atoms. The molecule has 1 rings (SSSR count). The lowest BCUT2D eigenvalue weighted by atomic mass is 10.1. The first kappa shape index (κ1) is 15.1. The van der Waals surface area contributed by atoms with Crippen LogP contribution in [0.2, 0.25) is 0 Å². The van der Waals surface area contributed by atoms with Crippen LogP contribution in [0.4, 0.5) is 0 Å². The molecule has 2 unspecified atom stereocenters. The van der Waals surface area contributed by atoms with E-state index in [1.807, 2.05) is 18.7 Å². The van der Waals surface area contributed by atoms with E-state index in [0.717, 1.165) is 18.6 Å². The van der Waals surface area contributed by atoms with Gasteiger partial charge in [0.15, 0.2) is 0 Å². The average molecular weight is 294 g/mol. The van der Waals surface area contributed by atoms with Crippen molar-refractivity contribution in [1.82, 2.24) is 0 Å². The van der Waals surface area contributed by atoms with Crippen LogP contribution in [0.15, 0.2) is 0 Å². The summed E-state index contributed by atoms with van der Waals surface area (Å²) < 4.78 is 11.1. The Labute approximate surface area is 116 Å². The lowest BCUT2D eigenvalue weighted by molar-refractivity contribution is -0.141. The van der Waals surface area contributed by atoms with E-state index in [0.29, 0.717) is 17.6 Å². The van der Waals surface area contributed by atoms with Gasteiger partial charge in [0.25, 0.3) is 0 Å². The number of thiocarbonyl (C=S) groups is 1. The number of ether oxygens (including phenoxy) is 2. The number of cyclic esters (lactones) is 1. The zero-order chi connectivity index (χ0) is 12.7. The van der Waals surface area contributed by atoms with E-state index >= 15 is 0 Å². The summed E-state index contributed by atoms with van der Waals surface area (Å²) in [7, 11) is 0. The summed E-state index contributed by atoms with van der Waals surface area (Å²) in [5, 5.41) is 0. The molecule has 1 saturated heterocycles. The fourth-order valence-corrected chi connectivity index (χ4v) is 4.64. The highest BCUT2D eigenvalue weighted by Crippen LogP contribution is 2.33. The monoisotopic (exact) mass is 294 g/mol. The molecule has 0 bridgehead atoms. The van der Waals surface area contributed by atoms with E-state index in [4.69, 9.17) is 21.7 Å². The number of carbonyl (C=O) groups excluding carboxylic acids is 1. The largest absolute Gasteiger partial charge is 0.479 e. The number of esters is 1. The van der Waals surface area contributed by atoms with Gasteiger partial charge in [-0.1, -0.05) is 18.7 Å². The third kappa shape index (κ3) is 5.48. The SMILES string of the molecule is CCOC(=S)SC(CC1CCOC1=O)SCC. The van der Waals surface area contributed by atoms with E-state index in [1.54, 1.807) is 11.8 Å². The Balaban J connectivity index is 2.41. The summed E-state index contributed by atoms with van der Waals surface area (Å²) in [6.45, 7) is 5.19. The normalized spacial score (nSPS) is 21.1. The number of rotatable bonds is 6. The molecule has 2 atom stereocenters. The molecular weight excluding hydrogens is 276 g/mol. The van der Waals surface area contributed by atoms with Gasteiger partial charge in [0.05, 0.1) is 23.7 Å². The molecule has 3 nitrogen and oxygen atoms in total. The molecule has 0 saturated carbocycles. The van der Waals surface area contributed by atoms with Gasteiger partial charge in [-0.05, 0) is 37.7 Å². The van der Waals surface area contributed by atoms with E-state index in [9.17, 15) is 4.79 Å². The number of thioether (sulfide) groups is 2. The highest BCUT2D eigenvalue weighted by atomic mass is 32.2. The lowest BCUT2D eigenvalue weighted by Crippen LogP contribution is -2.15. The van der Waals surface area contributed by atoms with Gasteiger partial charge >= 0.3 is 5.97 Å². The van der Waals surface area contributed by atoms with Crippen molar-refractivity contribution in [2.45, 2.75) is 31.3 Å². The van der Waals surface area contributed by atoms with Crippen LogP contribution in [0.5, 0.6) is 0 Å². The summed E-state index contributed by atoms with van der Waals surface area (Å²) in [4.78, 5) is 11.4.